The Morgan fingerprint density at radius 1 is 1.62 bits per heavy atom. The van der Waals surface area contributed by atoms with Crippen molar-refractivity contribution in [3.8, 4) is 0 Å². The summed E-state index contributed by atoms with van der Waals surface area (Å²) in [6.45, 7) is 7.06. The van der Waals surface area contributed by atoms with Crippen molar-refractivity contribution in [1.82, 2.24) is 0 Å². The standard InChI is InChI=1S/C5H10N2S/c1-4(6)5(2)8-7-3/h3,6H2,1-2H3/b5-4-. The molecule has 0 spiro atoms. The minimum absolute atomic E-state index is 0.808. The fourth-order valence-electron chi connectivity index (χ4n) is 0.169. The monoisotopic (exact) mass is 130 g/mol. The molecule has 3 heteroatoms. The van der Waals surface area contributed by atoms with Crippen LogP contribution in [0.15, 0.2) is 15.0 Å². The highest BCUT2D eigenvalue weighted by atomic mass is 32.2. The van der Waals surface area contributed by atoms with Crippen LogP contribution in [0.3, 0.4) is 0 Å². The van der Waals surface area contributed by atoms with E-state index in [0.717, 1.165) is 10.6 Å². The highest BCUT2D eigenvalue weighted by Gasteiger charge is 1.87. The number of nitrogens with two attached hydrogens (primary N) is 1. The summed E-state index contributed by atoms with van der Waals surface area (Å²) in [6, 6.07) is 0. The normalized spacial score (nSPS) is 12.8. The first-order chi connectivity index (χ1) is 3.68. The molecule has 0 radical (unpaired) electrons. The van der Waals surface area contributed by atoms with Gasteiger partial charge in [-0.2, -0.15) is 0 Å². The minimum atomic E-state index is 0.808. The van der Waals surface area contributed by atoms with Gasteiger partial charge in [0.05, 0.1) is 0 Å². The Morgan fingerprint density at radius 3 is 2.25 bits per heavy atom. The van der Waals surface area contributed by atoms with Crippen molar-refractivity contribution in [1.29, 1.82) is 0 Å². The number of hydrogen-bond acceptors (Lipinski definition) is 3. The lowest BCUT2D eigenvalue weighted by atomic mass is 10.5. The van der Waals surface area contributed by atoms with E-state index >= 15 is 0 Å². The van der Waals surface area contributed by atoms with Crippen LogP contribution in [0.4, 0.5) is 0 Å². The van der Waals surface area contributed by atoms with Crippen LogP contribution >= 0.6 is 11.9 Å². The van der Waals surface area contributed by atoms with Crippen molar-refractivity contribution >= 4 is 18.7 Å². The summed E-state index contributed by atoms with van der Waals surface area (Å²) >= 11 is 1.31. The first-order valence-corrected chi connectivity index (χ1v) is 3.01. The maximum atomic E-state index is 5.39. The van der Waals surface area contributed by atoms with E-state index in [1.54, 1.807) is 0 Å². The fraction of sp³-hybridized carbons (Fsp3) is 0.400. The molecule has 0 aromatic carbocycles. The molecule has 0 fully saturated rings. The molecule has 0 heterocycles. The quantitative estimate of drug-likeness (QED) is 0.455. The molecule has 0 saturated carbocycles. The Kier molecular flexibility index (Phi) is 3.35. The summed E-state index contributed by atoms with van der Waals surface area (Å²) < 4.78 is 3.59. The predicted octanol–water partition coefficient (Wildman–Crippen LogP) is 1.55. The second-order valence-corrected chi connectivity index (χ2v) is 2.51. The zero-order valence-corrected chi connectivity index (χ0v) is 5.96. The molecule has 8 heavy (non-hydrogen) atoms. The summed E-state index contributed by atoms with van der Waals surface area (Å²) in [4.78, 5) is 1.01. The molecular weight excluding hydrogens is 120 g/mol. The van der Waals surface area contributed by atoms with Crippen molar-refractivity contribution in [3.63, 3.8) is 0 Å². The molecular formula is C5H10N2S. The van der Waals surface area contributed by atoms with E-state index in [1.165, 1.54) is 11.9 Å². The van der Waals surface area contributed by atoms with Gasteiger partial charge in [0.15, 0.2) is 0 Å². The van der Waals surface area contributed by atoms with E-state index in [2.05, 4.69) is 11.1 Å². The van der Waals surface area contributed by atoms with Gasteiger partial charge < -0.3 is 5.73 Å². The summed E-state index contributed by atoms with van der Waals surface area (Å²) in [5, 5.41) is 0. The first-order valence-electron chi connectivity index (χ1n) is 2.24. The number of allylic oxidation sites excluding steroid dienone is 2. The smallest absolute Gasteiger partial charge is 0.0233 e. The number of rotatable bonds is 2. The van der Waals surface area contributed by atoms with E-state index in [4.69, 9.17) is 5.73 Å². The summed E-state index contributed by atoms with van der Waals surface area (Å²) in [6.07, 6.45) is 0. The molecule has 46 valence electrons. The second-order valence-electron chi connectivity index (χ2n) is 1.46. The van der Waals surface area contributed by atoms with E-state index in [1.807, 2.05) is 13.8 Å². The third-order valence-electron chi connectivity index (χ3n) is 0.757. The molecule has 0 saturated heterocycles. The Balaban J connectivity index is 3.79. The molecule has 0 aliphatic rings. The van der Waals surface area contributed by atoms with Crippen LogP contribution in [0.1, 0.15) is 13.8 Å². The zero-order chi connectivity index (χ0) is 6.57. The highest BCUT2D eigenvalue weighted by Crippen LogP contribution is 2.15. The molecule has 0 amide bonds. The van der Waals surface area contributed by atoms with Gasteiger partial charge in [-0.3, -0.25) is 0 Å². The first kappa shape index (κ1) is 7.56. The van der Waals surface area contributed by atoms with Gasteiger partial charge in [0.25, 0.3) is 0 Å². The Labute approximate surface area is 54.0 Å². The van der Waals surface area contributed by atoms with Crippen molar-refractivity contribution in [2.45, 2.75) is 13.8 Å². The number of nitrogens with zero attached hydrogens (tertiary/aromatic N) is 1. The van der Waals surface area contributed by atoms with Gasteiger partial charge in [0.2, 0.25) is 0 Å². The van der Waals surface area contributed by atoms with Crippen LogP contribution in [-0.4, -0.2) is 6.72 Å². The molecule has 2 nitrogen and oxygen atoms in total. The number of hydrogen-bond donors (Lipinski definition) is 1. The van der Waals surface area contributed by atoms with Crippen molar-refractivity contribution < 1.29 is 0 Å². The molecule has 0 bridgehead atoms. The summed E-state index contributed by atoms with van der Waals surface area (Å²) in [7, 11) is 0. The van der Waals surface area contributed by atoms with E-state index in [0.29, 0.717) is 0 Å². The third-order valence-corrected chi connectivity index (χ3v) is 1.48. The largest absolute Gasteiger partial charge is 0.402 e. The zero-order valence-electron chi connectivity index (χ0n) is 5.14. The van der Waals surface area contributed by atoms with Gasteiger partial charge in [-0.25, -0.2) is 4.40 Å². The summed E-state index contributed by atoms with van der Waals surface area (Å²) in [5.41, 5.74) is 6.20. The van der Waals surface area contributed by atoms with Crippen LogP contribution < -0.4 is 5.73 Å². The van der Waals surface area contributed by atoms with Crippen LogP contribution in [-0.2, 0) is 0 Å². The van der Waals surface area contributed by atoms with Crippen LogP contribution in [0.25, 0.3) is 0 Å². The lowest BCUT2D eigenvalue weighted by Crippen LogP contribution is -1.91. The molecule has 0 aliphatic heterocycles. The maximum Gasteiger partial charge on any atom is 0.0233 e. The molecule has 0 atom stereocenters. The lowest BCUT2D eigenvalue weighted by Gasteiger charge is -1.94. The Bertz CT molecular complexity index is 114. The fourth-order valence-corrected chi connectivity index (χ4v) is 0.506. The third kappa shape index (κ3) is 2.69. The SMILES string of the molecule is C=NS/C(C)=C(/C)N. The maximum absolute atomic E-state index is 5.39. The van der Waals surface area contributed by atoms with Crippen molar-refractivity contribution in [2.24, 2.45) is 10.1 Å². The highest BCUT2D eigenvalue weighted by molar-refractivity contribution is 8.01. The van der Waals surface area contributed by atoms with Gasteiger partial charge in [-0.15, -0.1) is 0 Å². The average molecular weight is 130 g/mol. The van der Waals surface area contributed by atoms with E-state index < -0.39 is 0 Å². The van der Waals surface area contributed by atoms with Gasteiger partial charge in [-0.1, -0.05) is 0 Å². The van der Waals surface area contributed by atoms with Crippen LogP contribution in [0, 0.1) is 0 Å². The summed E-state index contributed by atoms with van der Waals surface area (Å²) in [5.74, 6) is 0. The molecule has 0 aromatic heterocycles. The van der Waals surface area contributed by atoms with Crippen molar-refractivity contribution in [3.05, 3.63) is 10.6 Å². The molecule has 0 aromatic rings. The van der Waals surface area contributed by atoms with Gasteiger partial charge in [-0.05, 0) is 20.6 Å². The van der Waals surface area contributed by atoms with Crippen molar-refractivity contribution in [2.75, 3.05) is 0 Å². The second kappa shape index (κ2) is 3.55. The van der Waals surface area contributed by atoms with Crippen LogP contribution in [0.5, 0.6) is 0 Å². The Hall–Kier alpha value is -0.440. The van der Waals surface area contributed by atoms with Crippen LogP contribution in [0.2, 0.25) is 0 Å². The lowest BCUT2D eigenvalue weighted by molar-refractivity contribution is 1.28. The molecule has 2 N–H and O–H groups in total. The average Bonchev–Trinajstić information content (AvgIpc) is 1.67. The van der Waals surface area contributed by atoms with E-state index in [-0.39, 0.29) is 0 Å². The van der Waals surface area contributed by atoms with Gasteiger partial charge >= 0.3 is 0 Å². The topological polar surface area (TPSA) is 38.4 Å². The van der Waals surface area contributed by atoms with Gasteiger partial charge in [0, 0.05) is 22.6 Å². The molecule has 0 aliphatic carbocycles. The van der Waals surface area contributed by atoms with Gasteiger partial charge in [0.1, 0.15) is 0 Å². The Morgan fingerprint density at radius 2 is 2.12 bits per heavy atom. The minimum Gasteiger partial charge on any atom is -0.402 e. The predicted molar refractivity (Wildman–Crippen MR) is 39.7 cm³/mol. The molecule has 0 rings (SSSR count). The van der Waals surface area contributed by atoms with E-state index in [9.17, 15) is 0 Å². The molecule has 0 unspecified atom stereocenters.